The van der Waals surface area contributed by atoms with Crippen LogP contribution in [0.2, 0.25) is 0 Å². The number of hydrogen-bond acceptors (Lipinski definition) is 1. The monoisotopic (exact) mass is 202 g/mol. The van der Waals surface area contributed by atoms with E-state index in [4.69, 9.17) is 0 Å². The Morgan fingerprint density at radius 2 is 1.38 bits per heavy atom. The summed E-state index contributed by atoms with van der Waals surface area (Å²) >= 11 is 4.54. The number of thiol groups is 1. The first kappa shape index (κ1) is 13.4. The highest BCUT2D eigenvalue weighted by atomic mass is 32.1. The van der Waals surface area contributed by atoms with Crippen molar-refractivity contribution in [1.82, 2.24) is 0 Å². The van der Waals surface area contributed by atoms with E-state index in [0.29, 0.717) is 5.41 Å². The Hall–Kier alpha value is 0.350. The quantitative estimate of drug-likeness (QED) is 0.542. The van der Waals surface area contributed by atoms with Crippen molar-refractivity contribution < 1.29 is 0 Å². The standard InChI is InChI=1S/C12H26S/c1-4-7-10-12(11-13,8-5-2)9-6-3/h13H,4-11H2,1-3H3. The van der Waals surface area contributed by atoms with Crippen molar-refractivity contribution in [2.24, 2.45) is 5.41 Å². The molecule has 80 valence electrons. The molecule has 0 rings (SSSR count). The highest BCUT2D eigenvalue weighted by Crippen LogP contribution is 2.36. The van der Waals surface area contributed by atoms with E-state index in [0.717, 1.165) is 5.75 Å². The first-order chi connectivity index (χ1) is 6.24. The summed E-state index contributed by atoms with van der Waals surface area (Å²) in [5, 5.41) is 0. The zero-order valence-corrected chi connectivity index (χ0v) is 10.5. The van der Waals surface area contributed by atoms with Gasteiger partial charge >= 0.3 is 0 Å². The summed E-state index contributed by atoms with van der Waals surface area (Å²) in [6, 6.07) is 0. The van der Waals surface area contributed by atoms with Gasteiger partial charge in [-0.3, -0.25) is 0 Å². The van der Waals surface area contributed by atoms with Gasteiger partial charge in [0.2, 0.25) is 0 Å². The molecule has 0 saturated heterocycles. The van der Waals surface area contributed by atoms with Gasteiger partial charge in [-0.1, -0.05) is 46.5 Å². The van der Waals surface area contributed by atoms with Crippen molar-refractivity contribution in [2.45, 2.75) is 65.7 Å². The van der Waals surface area contributed by atoms with Crippen LogP contribution in [0.15, 0.2) is 0 Å². The van der Waals surface area contributed by atoms with Crippen LogP contribution >= 0.6 is 12.6 Å². The van der Waals surface area contributed by atoms with E-state index in [1.54, 1.807) is 0 Å². The summed E-state index contributed by atoms with van der Waals surface area (Å²) in [7, 11) is 0. The molecule has 1 heteroatoms. The van der Waals surface area contributed by atoms with E-state index in [1.807, 2.05) is 0 Å². The smallest absolute Gasteiger partial charge is 0.00412 e. The van der Waals surface area contributed by atoms with Gasteiger partial charge in [0.1, 0.15) is 0 Å². The molecule has 0 spiro atoms. The fraction of sp³-hybridized carbons (Fsp3) is 1.00. The molecule has 0 unspecified atom stereocenters. The van der Waals surface area contributed by atoms with Crippen molar-refractivity contribution >= 4 is 12.6 Å². The van der Waals surface area contributed by atoms with Crippen LogP contribution < -0.4 is 0 Å². The van der Waals surface area contributed by atoms with E-state index in [2.05, 4.69) is 33.4 Å². The Balaban J connectivity index is 4.07. The van der Waals surface area contributed by atoms with E-state index >= 15 is 0 Å². The molecule has 0 atom stereocenters. The van der Waals surface area contributed by atoms with Crippen molar-refractivity contribution in [1.29, 1.82) is 0 Å². The Kier molecular flexibility index (Phi) is 7.93. The maximum Gasteiger partial charge on any atom is -0.00412 e. The van der Waals surface area contributed by atoms with Gasteiger partial charge in [0, 0.05) is 0 Å². The van der Waals surface area contributed by atoms with Crippen LogP contribution in [0.25, 0.3) is 0 Å². The van der Waals surface area contributed by atoms with Crippen LogP contribution in [0.3, 0.4) is 0 Å². The van der Waals surface area contributed by atoms with Gasteiger partial charge in [-0.25, -0.2) is 0 Å². The normalized spacial score (nSPS) is 12.0. The minimum atomic E-state index is 0.558. The third-order valence-electron chi connectivity index (χ3n) is 2.96. The fourth-order valence-electron chi connectivity index (χ4n) is 2.22. The van der Waals surface area contributed by atoms with Gasteiger partial charge in [-0.15, -0.1) is 0 Å². The predicted molar refractivity (Wildman–Crippen MR) is 65.6 cm³/mol. The predicted octanol–water partition coefficient (Wildman–Crippen LogP) is 4.69. The average molecular weight is 202 g/mol. The van der Waals surface area contributed by atoms with Crippen LogP contribution in [-0.4, -0.2) is 5.75 Å². The third kappa shape index (κ3) is 4.95. The topological polar surface area (TPSA) is 0 Å². The Labute approximate surface area is 89.9 Å². The minimum absolute atomic E-state index is 0.558. The molecular weight excluding hydrogens is 176 g/mol. The second-order valence-electron chi connectivity index (χ2n) is 4.26. The molecule has 0 aromatic heterocycles. The summed E-state index contributed by atoms with van der Waals surface area (Å²) in [6.07, 6.45) is 9.43. The highest BCUT2D eigenvalue weighted by Gasteiger charge is 2.25. The second kappa shape index (κ2) is 7.73. The molecule has 0 radical (unpaired) electrons. The first-order valence-electron chi connectivity index (χ1n) is 5.85. The summed E-state index contributed by atoms with van der Waals surface area (Å²) in [5.41, 5.74) is 0.558. The van der Waals surface area contributed by atoms with Crippen LogP contribution in [0, 0.1) is 5.41 Å². The average Bonchev–Trinajstić information content (AvgIpc) is 2.15. The van der Waals surface area contributed by atoms with Crippen molar-refractivity contribution in [3.05, 3.63) is 0 Å². The van der Waals surface area contributed by atoms with Gasteiger partial charge in [-0.05, 0) is 30.4 Å². The summed E-state index contributed by atoms with van der Waals surface area (Å²) in [6.45, 7) is 6.86. The number of hydrogen-bond donors (Lipinski definition) is 1. The van der Waals surface area contributed by atoms with E-state index in [-0.39, 0.29) is 0 Å². The summed E-state index contributed by atoms with van der Waals surface area (Å²) in [4.78, 5) is 0. The van der Waals surface area contributed by atoms with Crippen LogP contribution in [0.5, 0.6) is 0 Å². The molecule has 0 aliphatic heterocycles. The molecule has 0 nitrogen and oxygen atoms in total. The van der Waals surface area contributed by atoms with Gasteiger partial charge in [0.05, 0.1) is 0 Å². The maximum atomic E-state index is 4.54. The Bertz CT molecular complexity index is 104. The molecule has 0 aromatic carbocycles. The zero-order valence-electron chi connectivity index (χ0n) is 9.60. The Morgan fingerprint density at radius 3 is 1.69 bits per heavy atom. The van der Waals surface area contributed by atoms with Crippen molar-refractivity contribution in [3.8, 4) is 0 Å². The lowest BCUT2D eigenvalue weighted by atomic mass is 9.77. The fourth-order valence-corrected chi connectivity index (χ4v) is 2.70. The van der Waals surface area contributed by atoms with Crippen LogP contribution in [-0.2, 0) is 0 Å². The molecule has 0 heterocycles. The molecule has 0 amide bonds. The molecule has 0 N–H and O–H groups in total. The van der Waals surface area contributed by atoms with Crippen molar-refractivity contribution in [2.75, 3.05) is 5.75 Å². The second-order valence-corrected chi connectivity index (χ2v) is 4.58. The van der Waals surface area contributed by atoms with Crippen LogP contribution in [0.1, 0.15) is 65.7 Å². The van der Waals surface area contributed by atoms with E-state index in [1.165, 1.54) is 44.9 Å². The molecule has 0 aliphatic carbocycles. The molecule has 0 fully saturated rings. The third-order valence-corrected chi connectivity index (χ3v) is 3.63. The molecule has 0 saturated carbocycles. The first-order valence-corrected chi connectivity index (χ1v) is 6.48. The van der Waals surface area contributed by atoms with Gasteiger partial charge in [0.25, 0.3) is 0 Å². The van der Waals surface area contributed by atoms with Crippen molar-refractivity contribution in [3.63, 3.8) is 0 Å². The lowest BCUT2D eigenvalue weighted by molar-refractivity contribution is 0.245. The molecule has 13 heavy (non-hydrogen) atoms. The zero-order chi connectivity index (χ0) is 10.2. The SMILES string of the molecule is CCCCC(CS)(CCC)CCC. The maximum absolute atomic E-state index is 4.54. The Morgan fingerprint density at radius 1 is 0.846 bits per heavy atom. The highest BCUT2D eigenvalue weighted by molar-refractivity contribution is 7.80. The molecule has 0 aliphatic rings. The minimum Gasteiger partial charge on any atom is -0.179 e. The number of rotatable bonds is 8. The lowest BCUT2D eigenvalue weighted by Crippen LogP contribution is -2.22. The van der Waals surface area contributed by atoms with Gasteiger partial charge in [0.15, 0.2) is 0 Å². The van der Waals surface area contributed by atoms with Gasteiger partial charge < -0.3 is 0 Å². The number of unbranched alkanes of at least 4 members (excludes halogenated alkanes) is 1. The molecule has 0 bridgehead atoms. The molecule has 0 aromatic rings. The van der Waals surface area contributed by atoms with Gasteiger partial charge in [-0.2, -0.15) is 12.6 Å². The summed E-state index contributed by atoms with van der Waals surface area (Å²) < 4.78 is 0. The molecular formula is C12H26S. The largest absolute Gasteiger partial charge is 0.179 e. The van der Waals surface area contributed by atoms with E-state index < -0.39 is 0 Å². The van der Waals surface area contributed by atoms with E-state index in [9.17, 15) is 0 Å². The lowest BCUT2D eigenvalue weighted by Gasteiger charge is -2.32. The van der Waals surface area contributed by atoms with Crippen LogP contribution in [0.4, 0.5) is 0 Å². The summed E-state index contributed by atoms with van der Waals surface area (Å²) in [5.74, 6) is 1.08.